The van der Waals surface area contributed by atoms with Gasteiger partial charge in [0.15, 0.2) is 16.9 Å². The van der Waals surface area contributed by atoms with E-state index in [2.05, 4.69) is 20.6 Å². The number of amides is 1. The Hall–Kier alpha value is -4.60. The number of phenolic OH excluding ortho intramolecular Hbond substituents is 1. The van der Waals surface area contributed by atoms with Crippen molar-refractivity contribution in [3.63, 3.8) is 0 Å². The van der Waals surface area contributed by atoms with E-state index in [9.17, 15) is 14.7 Å². The molecule has 0 saturated heterocycles. The van der Waals surface area contributed by atoms with Crippen LogP contribution in [0.3, 0.4) is 0 Å². The fraction of sp³-hybridized carbons (Fsp3) is 0.200. The van der Waals surface area contributed by atoms with Crippen molar-refractivity contribution >= 4 is 22.8 Å². The predicted molar refractivity (Wildman–Crippen MR) is 127 cm³/mol. The zero-order valence-corrected chi connectivity index (χ0v) is 18.6. The van der Waals surface area contributed by atoms with Gasteiger partial charge in [-0.3, -0.25) is 9.59 Å². The van der Waals surface area contributed by atoms with Gasteiger partial charge in [-0.05, 0) is 24.3 Å². The van der Waals surface area contributed by atoms with Crippen LogP contribution >= 0.6 is 0 Å². The molecule has 5 rings (SSSR count). The maximum Gasteiger partial charge on any atom is 0.231 e. The summed E-state index contributed by atoms with van der Waals surface area (Å²) in [6.45, 7) is 0.747. The van der Waals surface area contributed by atoms with Crippen molar-refractivity contribution in [3.05, 3.63) is 82.5 Å². The minimum atomic E-state index is -0.782. The van der Waals surface area contributed by atoms with Crippen LogP contribution in [0, 0.1) is 0 Å². The lowest BCUT2D eigenvalue weighted by atomic mass is 9.87. The molecule has 0 fully saturated rings. The molecular formula is C25H22N4O6. The summed E-state index contributed by atoms with van der Waals surface area (Å²) in [6.07, 6.45) is 4.48. The smallest absolute Gasteiger partial charge is 0.231 e. The van der Waals surface area contributed by atoms with Crippen LogP contribution in [0.1, 0.15) is 23.5 Å². The molecule has 0 aliphatic carbocycles. The number of aromatic hydroxyl groups is 1. The largest absolute Gasteiger partial charge is 0.508 e. The number of nitrogens with one attached hydrogen (secondary N) is 2. The van der Waals surface area contributed by atoms with E-state index < -0.39 is 5.92 Å². The summed E-state index contributed by atoms with van der Waals surface area (Å²) in [5.41, 5.74) is 0.782. The van der Waals surface area contributed by atoms with Crippen molar-refractivity contribution in [2.75, 3.05) is 25.2 Å². The van der Waals surface area contributed by atoms with Gasteiger partial charge in [-0.2, -0.15) is 0 Å². The molecular weight excluding hydrogens is 452 g/mol. The summed E-state index contributed by atoms with van der Waals surface area (Å²) in [5.74, 6) is 0.0852. The van der Waals surface area contributed by atoms with E-state index in [1.165, 1.54) is 12.3 Å². The van der Waals surface area contributed by atoms with Crippen LogP contribution in [0.15, 0.2) is 70.3 Å². The van der Waals surface area contributed by atoms with Gasteiger partial charge in [-0.15, -0.1) is 0 Å². The first kappa shape index (κ1) is 22.2. The number of aromatic nitrogens is 2. The molecule has 0 spiro atoms. The molecule has 1 aliphatic rings. The number of ether oxygens (including phenoxy) is 2. The molecule has 0 bridgehead atoms. The number of nitrogens with zero attached hydrogens (tertiary/aromatic N) is 2. The van der Waals surface area contributed by atoms with Gasteiger partial charge in [0.1, 0.15) is 11.3 Å². The van der Waals surface area contributed by atoms with Crippen molar-refractivity contribution in [2.24, 2.45) is 0 Å². The third kappa shape index (κ3) is 4.72. The van der Waals surface area contributed by atoms with Gasteiger partial charge < -0.3 is 29.6 Å². The number of hydrogen-bond donors (Lipinski definition) is 3. The molecule has 2 aromatic heterocycles. The molecule has 178 valence electrons. The Kier molecular flexibility index (Phi) is 6.16. The number of carbonyl (C=O) groups excluding carboxylic acids is 1. The molecule has 0 radical (unpaired) electrons. The maximum absolute atomic E-state index is 13.3. The van der Waals surface area contributed by atoms with E-state index in [-0.39, 0.29) is 35.9 Å². The molecule has 10 heteroatoms. The molecule has 2 aromatic carbocycles. The SMILES string of the molecule is O=C(C[C@H](c1cc2c(cc1O)OCO2)c1coc2ccccc2c1=O)NCCNc1ncccn1. The maximum atomic E-state index is 13.3. The van der Waals surface area contributed by atoms with Crippen LogP contribution in [-0.4, -0.2) is 40.9 Å². The number of benzene rings is 2. The minimum Gasteiger partial charge on any atom is -0.508 e. The molecule has 4 aromatic rings. The summed E-state index contributed by atoms with van der Waals surface area (Å²) >= 11 is 0. The lowest BCUT2D eigenvalue weighted by Crippen LogP contribution is -2.31. The Morgan fingerprint density at radius 3 is 2.63 bits per heavy atom. The summed E-state index contributed by atoms with van der Waals surface area (Å²) in [7, 11) is 0. The van der Waals surface area contributed by atoms with Gasteiger partial charge in [0.05, 0.1) is 11.6 Å². The number of carbonyl (C=O) groups is 1. The van der Waals surface area contributed by atoms with Crippen LogP contribution in [-0.2, 0) is 4.79 Å². The standard InChI is InChI=1S/C25H22N4O6/c30-19-12-22-21(34-14-35-22)10-17(19)16(18-13-33-20-5-2-1-4-15(20)24(18)32)11-23(31)26-8-9-29-25-27-6-3-7-28-25/h1-7,10,12-13,16,30H,8-9,11,14H2,(H,26,31)(H,27,28,29)/t16-/m1/s1. The average molecular weight is 474 g/mol. The first-order valence-corrected chi connectivity index (χ1v) is 11.0. The summed E-state index contributed by atoms with van der Waals surface area (Å²) in [4.78, 5) is 34.4. The zero-order valence-electron chi connectivity index (χ0n) is 18.6. The van der Waals surface area contributed by atoms with Crippen molar-refractivity contribution in [2.45, 2.75) is 12.3 Å². The second-order valence-corrected chi connectivity index (χ2v) is 7.89. The topological polar surface area (TPSA) is 136 Å². The average Bonchev–Trinajstić information content (AvgIpc) is 3.33. The molecule has 1 atom stereocenters. The zero-order chi connectivity index (χ0) is 24.2. The Morgan fingerprint density at radius 1 is 1.03 bits per heavy atom. The summed E-state index contributed by atoms with van der Waals surface area (Å²) in [5, 5.41) is 17.0. The second kappa shape index (κ2) is 9.72. The van der Waals surface area contributed by atoms with Crippen molar-refractivity contribution in [1.29, 1.82) is 0 Å². The number of fused-ring (bicyclic) bond motifs is 2. The van der Waals surface area contributed by atoms with E-state index in [0.717, 1.165) is 0 Å². The van der Waals surface area contributed by atoms with Crippen LogP contribution in [0.2, 0.25) is 0 Å². The van der Waals surface area contributed by atoms with Gasteiger partial charge in [0.25, 0.3) is 0 Å². The fourth-order valence-electron chi connectivity index (χ4n) is 3.97. The monoisotopic (exact) mass is 474 g/mol. The number of phenols is 1. The van der Waals surface area contributed by atoms with Crippen LogP contribution in [0.4, 0.5) is 5.95 Å². The Balaban J connectivity index is 1.40. The Labute approximate surface area is 199 Å². The third-order valence-corrected chi connectivity index (χ3v) is 5.67. The molecule has 35 heavy (non-hydrogen) atoms. The van der Waals surface area contributed by atoms with Gasteiger partial charge in [-0.25, -0.2) is 9.97 Å². The third-order valence-electron chi connectivity index (χ3n) is 5.67. The Bertz CT molecular complexity index is 1420. The second-order valence-electron chi connectivity index (χ2n) is 7.89. The van der Waals surface area contributed by atoms with Crippen LogP contribution < -0.4 is 25.5 Å². The van der Waals surface area contributed by atoms with E-state index in [4.69, 9.17) is 13.9 Å². The lowest BCUT2D eigenvalue weighted by molar-refractivity contribution is -0.121. The van der Waals surface area contributed by atoms with Crippen molar-refractivity contribution in [1.82, 2.24) is 15.3 Å². The molecule has 10 nitrogen and oxygen atoms in total. The van der Waals surface area contributed by atoms with Crippen molar-refractivity contribution < 1.29 is 23.8 Å². The van der Waals surface area contributed by atoms with Crippen LogP contribution in [0.5, 0.6) is 17.2 Å². The highest BCUT2D eigenvalue weighted by atomic mass is 16.7. The Morgan fingerprint density at radius 2 is 1.80 bits per heavy atom. The molecule has 3 heterocycles. The van der Waals surface area contributed by atoms with Crippen LogP contribution in [0.25, 0.3) is 11.0 Å². The number of hydrogen-bond acceptors (Lipinski definition) is 9. The normalized spacial score (nSPS) is 12.9. The van der Waals surface area contributed by atoms with E-state index in [1.54, 1.807) is 48.8 Å². The van der Waals surface area contributed by atoms with Gasteiger partial charge >= 0.3 is 0 Å². The van der Waals surface area contributed by atoms with Gasteiger partial charge in [-0.1, -0.05) is 12.1 Å². The molecule has 0 unspecified atom stereocenters. The highest BCUT2D eigenvalue weighted by Gasteiger charge is 2.28. The first-order valence-electron chi connectivity index (χ1n) is 11.0. The lowest BCUT2D eigenvalue weighted by Gasteiger charge is -2.19. The number of rotatable bonds is 8. The summed E-state index contributed by atoms with van der Waals surface area (Å²) in [6, 6.07) is 11.6. The van der Waals surface area contributed by atoms with Gasteiger partial charge in [0.2, 0.25) is 18.6 Å². The molecule has 3 N–H and O–H groups in total. The molecule has 0 saturated carbocycles. The highest BCUT2D eigenvalue weighted by Crippen LogP contribution is 2.42. The quantitative estimate of drug-likeness (QED) is 0.329. The first-order chi connectivity index (χ1) is 17.1. The minimum absolute atomic E-state index is 0.0274. The van der Waals surface area contributed by atoms with Gasteiger partial charge in [0, 0.05) is 55.0 Å². The highest BCUT2D eigenvalue weighted by molar-refractivity contribution is 5.80. The fourth-order valence-corrected chi connectivity index (χ4v) is 3.97. The number of para-hydroxylation sites is 1. The molecule has 1 amide bonds. The number of anilines is 1. The van der Waals surface area contributed by atoms with E-state index >= 15 is 0 Å². The van der Waals surface area contributed by atoms with E-state index in [0.29, 0.717) is 47.1 Å². The van der Waals surface area contributed by atoms with E-state index in [1.807, 2.05) is 0 Å². The predicted octanol–water partition coefficient (Wildman–Crippen LogP) is 2.77. The summed E-state index contributed by atoms with van der Waals surface area (Å²) < 4.78 is 16.5. The van der Waals surface area contributed by atoms with Crippen molar-refractivity contribution in [3.8, 4) is 17.2 Å². The molecule has 1 aliphatic heterocycles.